The Labute approximate surface area is 369 Å². The Bertz CT molecular complexity index is 2010. The van der Waals surface area contributed by atoms with Gasteiger partial charge in [0.25, 0.3) is 5.91 Å². The number of phenolic OH excluding ortho intramolecular Hbond substituents is 1. The molecule has 2 aliphatic heterocycles. The fraction of sp³-hybridized carbons (Fsp3) is 0.458. The first-order valence-electron chi connectivity index (χ1n) is 21.4. The van der Waals surface area contributed by atoms with E-state index in [1.54, 1.807) is 64.1 Å². The van der Waals surface area contributed by atoms with E-state index in [1.165, 1.54) is 42.3 Å². The van der Waals surface area contributed by atoms with E-state index in [4.69, 9.17) is 9.47 Å². The number of carbonyl (C=O) groups is 6. The molecule has 2 aliphatic rings. The molecule has 1 unspecified atom stereocenters. The molecule has 0 aliphatic carbocycles. The van der Waals surface area contributed by atoms with Crippen LogP contribution < -0.4 is 16.1 Å². The van der Waals surface area contributed by atoms with Crippen LogP contribution in [0.1, 0.15) is 77.8 Å². The minimum atomic E-state index is -1.43. The van der Waals surface area contributed by atoms with Gasteiger partial charge in [-0.2, -0.15) is 0 Å². The summed E-state index contributed by atoms with van der Waals surface area (Å²) in [6.45, 7) is 8.37. The summed E-state index contributed by atoms with van der Waals surface area (Å²) < 4.78 is 11.4. The Morgan fingerprint density at radius 2 is 1.70 bits per heavy atom. The highest BCUT2D eigenvalue weighted by molar-refractivity contribution is 5.93. The van der Waals surface area contributed by atoms with Gasteiger partial charge in [-0.05, 0) is 67.9 Å². The molecule has 0 saturated carbocycles. The van der Waals surface area contributed by atoms with Crippen molar-refractivity contribution in [3.8, 4) is 5.75 Å². The smallest absolute Gasteiger partial charge is 0.331 e. The van der Waals surface area contributed by atoms with Crippen molar-refractivity contribution in [2.75, 3.05) is 6.54 Å². The molecule has 2 aromatic carbocycles. The maximum absolute atomic E-state index is 14.4. The van der Waals surface area contributed by atoms with Crippen molar-refractivity contribution in [2.24, 2.45) is 17.8 Å². The third kappa shape index (κ3) is 15.8. The number of fused-ring (bicyclic) bond motifs is 2. The number of esters is 2. The number of hydrogen-bond acceptors (Lipinski definition) is 12. The van der Waals surface area contributed by atoms with Crippen LogP contribution in [0.3, 0.4) is 0 Å². The number of nitrogens with one attached hydrogen (secondary N) is 3. The van der Waals surface area contributed by atoms with Crippen LogP contribution in [0.25, 0.3) is 0 Å². The number of ether oxygens (including phenoxy) is 2. The zero-order valence-corrected chi connectivity index (χ0v) is 36.6. The summed E-state index contributed by atoms with van der Waals surface area (Å²) >= 11 is 0. The van der Waals surface area contributed by atoms with Crippen LogP contribution in [0.2, 0.25) is 0 Å². The molecule has 2 heterocycles. The zero-order valence-electron chi connectivity index (χ0n) is 36.6. The highest BCUT2D eigenvalue weighted by Gasteiger charge is 2.38. The maximum atomic E-state index is 14.4. The number of aromatic hydroxyl groups is 1. The number of allylic oxidation sites excluding steroid dienone is 4. The van der Waals surface area contributed by atoms with Gasteiger partial charge in [0, 0.05) is 37.8 Å². The molecule has 8 atom stereocenters. The highest BCUT2D eigenvalue weighted by atomic mass is 16.5. The van der Waals surface area contributed by atoms with Crippen LogP contribution in [0.5, 0.6) is 5.75 Å². The normalized spacial score (nSPS) is 27.0. The quantitative estimate of drug-likeness (QED) is 0.107. The van der Waals surface area contributed by atoms with Crippen molar-refractivity contribution in [3.05, 3.63) is 114 Å². The van der Waals surface area contributed by atoms with E-state index in [0.29, 0.717) is 24.0 Å². The van der Waals surface area contributed by atoms with Crippen molar-refractivity contribution in [3.63, 3.8) is 0 Å². The number of cyclic esters (lactones) is 1. The first-order valence-corrected chi connectivity index (χ1v) is 21.4. The summed E-state index contributed by atoms with van der Waals surface area (Å²) in [5.41, 5.74) is 4.94. The molecule has 0 radical (unpaired) electrons. The minimum Gasteiger partial charge on any atom is -0.508 e. The molecular weight excluding hydrogens is 809 g/mol. The van der Waals surface area contributed by atoms with Gasteiger partial charge in [-0.15, -0.1) is 0 Å². The van der Waals surface area contributed by atoms with Gasteiger partial charge in [0.15, 0.2) is 0 Å². The first kappa shape index (κ1) is 49.8. The molecule has 1 saturated heterocycles. The molecule has 63 heavy (non-hydrogen) atoms. The summed E-state index contributed by atoms with van der Waals surface area (Å²) in [6, 6.07) is 12.1. The monoisotopic (exact) mass is 870 g/mol. The summed E-state index contributed by atoms with van der Waals surface area (Å²) in [5.74, 6) is -6.02. The van der Waals surface area contributed by atoms with E-state index >= 15 is 0 Å². The first-order chi connectivity index (χ1) is 30.0. The molecule has 0 aromatic heterocycles. The average Bonchev–Trinajstić information content (AvgIpc) is 3.25. The molecule has 15 heteroatoms. The molecule has 340 valence electrons. The molecule has 0 spiro atoms. The number of ketones is 1. The molecule has 15 nitrogen and oxygen atoms in total. The number of phenols is 1. The predicted octanol–water partition coefficient (Wildman–Crippen LogP) is 4.07. The number of nitrogens with zero attached hydrogens (tertiary/aromatic N) is 1. The van der Waals surface area contributed by atoms with Gasteiger partial charge < -0.3 is 40.2 Å². The van der Waals surface area contributed by atoms with E-state index in [-0.39, 0.29) is 50.4 Å². The van der Waals surface area contributed by atoms with Crippen LogP contribution in [0, 0.1) is 17.8 Å². The standard InChI is InChI=1S/C48H62N4O11/c1-30(2)43-46(59)49-39(28-35-18-13-19-36(54)27-35)47(60)52-26-14-20-38(51-52)48(61)63-41(31(3)15-12-23-42(56)62-29-34-16-8-6-9-17-34)22-11-7-10-21-40(55)33(5)44(57)37(45(58)50-43)25-24-32(4)53/h6-13,15-19,21,23,27,30,33,37-41,43-44,51,54-55,57H,14,20,22,24-26,28-29H2,1-5H3,(H,49,59)(H,50,58)/b11-7+,21-10+,23-12+,31-15+/t33-,37+,38?,39-,40-,41-,43-,44+/m0/s1. The van der Waals surface area contributed by atoms with Crippen molar-refractivity contribution >= 4 is 35.4 Å². The van der Waals surface area contributed by atoms with Crippen LogP contribution in [-0.4, -0.2) is 98.8 Å². The summed E-state index contributed by atoms with van der Waals surface area (Å²) in [7, 11) is 0. The lowest BCUT2D eigenvalue weighted by atomic mass is 9.84. The Kier molecular flexibility index (Phi) is 19.5. The van der Waals surface area contributed by atoms with Gasteiger partial charge in [-0.1, -0.05) is 99.7 Å². The van der Waals surface area contributed by atoms with Gasteiger partial charge in [0.2, 0.25) is 11.8 Å². The Hall–Kier alpha value is -5.90. The Balaban J connectivity index is 1.68. The molecule has 1 fully saturated rings. The molecular formula is C48H62N4O11. The average molecular weight is 871 g/mol. The van der Waals surface area contributed by atoms with Crippen LogP contribution in [0.15, 0.2) is 103 Å². The van der Waals surface area contributed by atoms with Gasteiger partial charge in [0.1, 0.15) is 42.4 Å². The minimum absolute atomic E-state index is 0.0346. The van der Waals surface area contributed by atoms with Gasteiger partial charge >= 0.3 is 11.9 Å². The van der Waals surface area contributed by atoms with Gasteiger partial charge in [-0.25, -0.2) is 10.2 Å². The number of aliphatic hydroxyl groups is 2. The Morgan fingerprint density at radius 3 is 2.40 bits per heavy atom. The van der Waals surface area contributed by atoms with E-state index in [0.717, 1.165) is 5.56 Å². The maximum Gasteiger partial charge on any atom is 0.331 e. The number of aliphatic hydroxyl groups excluding tert-OH is 2. The SMILES string of the molecule is CC(=O)CC[C@H]1C(=O)N[C@@H](C(C)C)C(=O)N[C@@H](Cc2cccc(O)c2)C(=O)N2CCCC(N2)C(=O)O[C@H](/C(C)=C/C=C/C(=O)OCc2ccccc2)C/C=C/C=C/[C@H](O)[C@H](C)[C@H]1O. The lowest BCUT2D eigenvalue weighted by Gasteiger charge is -2.36. The molecule has 2 aromatic rings. The number of rotatable bonds is 11. The van der Waals surface area contributed by atoms with E-state index in [1.807, 2.05) is 30.3 Å². The van der Waals surface area contributed by atoms with Crippen LogP contribution >= 0.6 is 0 Å². The zero-order chi connectivity index (χ0) is 46.1. The molecule has 3 amide bonds. The lowest BCUT2D eigenvalue weighted by Crippen LogP contribution is -2.62. The summed E-state index contributed by atoms with van der Waals surface area (Å²) in [5, 5.41) is 39.6. The second kappa shape index (κ2) is 24.7. The Morgan fingerprint density at radius 1 is 0.968 bits per heavy atom. The third-order valence-corrected chi connectivity index (χ3v) is 11.1. The second-order valence-corrected chi connectivity index (χ2v) is 16.5. The number of hydrazine groups is 1. The molecule has 2 bridgehead atoms. The third-order valence-electron chi connectivity index (χ3n) is 11.1. The van der Waals surface area contributed by atoms with Crippen molar-refractivity contribution in [2.45, 2.75) is 116 Å². The number of Topliss-reactive ketones (excluding diaryl/α,β-unsaturated/α-hetero) is 1. The number of amides is 3. The second-order valence-electron chi connectivity index (χ2n) is 16.5. The summed E-state index contributed by atoms with van der Waals surface area (Å²) in [6.07, 6.45) is 8.05. The van der Waals surface area contributed by atoms with Crippen molar-refractivity contribution in [1.82, 2.24) is 21.1 Å². The van der Waals surface area contributed by atoms with Crippen molar-refractivity contribution in [1.29, 1.82) is 0 Å². The van der Waals surface area contributed by atoms with E-state index in [9.17, 15) is 44.1 Å². The number of hydrogen-bond donors (Lipinski definition) is 6. The topological polar surface area (TPSA) is 221 Å². The molecule has 4 rings (SSSR count). The number of carbonyl (C=O) groups excluding carboxylic acids is 6. The fourth-order valence-electron chi connectivity index (χ4n) is 7.21. The van der Waals surface area contributed by atoms with Gasteiger partial charge in [-0.3, -0.25) is 24.2 Å². The van der Waals surface area contributed by atoms with Gasteiger partial charge in [0.05, 0.1) is 18.1 Å². The van der Waals surface area contributed by atoms with Crippen LogP contribution in [0.4, 0.5) is 0 Å². The van der Waals surface area contributed by atoms with E-state index < -0.39 is 83.9 Å². The van der Waals surface area contributed by atoms with Crippen molar-refractivity contribution < 1.29 is 53.6 Å². The lowest BCUT2D eigenvalue weighted by molar-refractivity contribution is -0.156. The number of benzene rings is 2. The van der Waals surface area contributed by atoms with Crippen LogP contribution in [-0.2, 0) is 51.3 Å². The largest absolute Gasteiger partial charge is 0.508 e. The predicted molar refractivity (Wildman–Crippen MR) is 235 cm³/mol. The summed E-state index contributed by atoms with van der Waals surface area (Å²) in [4.78, 5) is 80.7. The fourth-order valence-corrected chi connectivity index (χ4v) is 7.21. The highest BCUT2D eigenvalue weighted by Crippen LogP contribution is 2.24. The van der Waals surface area contributed by atoms with E-state index in [2.05, 4.69) is 16.1 Å². The molecule has 6 N–H and O–H groups in total.